The molecule has 0 N–H and O–H groups in total. The van der Waals surface area contributed by atoms with E-state index in [4.69, 9.17) is 4.18 Å². The second-order valence-corrected chi connectivity index (χ2v) is 5.21. The van der Waals surface area contributed by atoms with Gasteiger partial charge >= 0.3 is 10.1 Å². The van der Waals surface area contributed by atoms with Crippen LogP contribution in [0.25, 0.3) is 0 Å². The second-order valence-electron chi connectivity index (χ2n) is 3.52. The quantitative estimate of drug-likeness (QED) is 0.727. The summed E-state index contributed by atoms with van der Waals surface area (Å²) in [4.78, 5) is 0. The molecule has 3 nitrogen and oxygen atoms in total. The van der Waals surface area contributed by atoms with Gasteiger partial charge in [0.05, 0.1) is 5.75 Å². The van der Waals surface area contributed by atoms with E-state index in [0.29, 0.717) is 12.2 Å². The summed E-state index contributed by atoms with van der Waals surface area (Å²) in [5.74, 6) is 0.475. The summed E-state index contributed by atoms with van der Waals surface area (Å²) < 4.78 is 27.9. The van der Waals surface area contributed by atoms with Gasteiger partial charge in [-0.2, -0.15) is 8.42 Å². The van der Waals surface area contributed by atoms with Crippen molar-refractivity contribution in [1.82, 2.24) is 0 Å². The predicted molar refractivity (Wildman–Crippen MR) is 60.5 cm³/mol. The molecule has 0 aromatic heterocycles. The SMILES string of the molecule is CCCCS(=O)(=O)Oc1cccc(C)c1. The first kappa shape index (κ1) is 12.0. The van der Waals surface area contributed by atoms with Gasteiger partial charge in [0.1, 0.15) is 5.75 Å². The average Bonchev–Trinajstić information content (AvgIpc) is 2.14. The van der Waals surface area contributed by atoms with Crippen molar-refractivity contribution < 1.29 is 12.6 Å². The Morgan fingerprint density at radius 2 is 2.07 bits per heavy atom. The van der Waals surface area contributed by atoms with Gasteiger partial charge in [-0.3, -0.25) is 0 Å². The number of rotatable bonds is 5. The molecule has 0 radical (unpaired) electrons. The van der Waals surface area contributed by atoms with E-state index < -0.39 is 10.1 Å². The number of benzene rings is 1. The van der Waals surface area contributed by atoms with Crippen LogP contribution in [0.2, 0.25) is 0 Å². The third kappa shape index (κ3) is 4.34. The summed E-state index contributed by atoms with van der Waals surface area (Å²) in [5.41, 5.74) is 0.984. The number of aryl methyl sites for hydroxylation is 1. The van der Waals surface area contributed by atoms with Gasteiger partial charge in [0.25, 0.3) is 0 Å². The third-order valence-electron chi connectivity index (χ3n) is 1.96. The molecule has 1 aromatic carbocycles. The van der Waals surface area contributed by atoms with Crippen molar-refractivity contribution in [2.24, 2.45) is 0 Å². The van der Waals surface area contributed by atoms with Crippen LogP contribution < -0.4 is 4.18 Å². The van der Waals surface area contributed by atoms with Crippen LogP contribution in [0.1, 0.15) is 25.3 Å². The molecule has 0 unspecified atom stereocenters. The maximum Gasteiger partial charge on any atom is 0.309 e. The van der Waals surface area contributed by atoms with Gasteiger partial charge in [-0.1, -0.05) is 25.5 Å². The molecule has 0 atom stereocenters. The molecule has 0 saturated heterocycles. The zero-order chi connectivity index (χ0) is 11.3. The lowest BCUT2D eigenvalue weighted by atomic mass is 10.2. The Labute approximate surface area is 91.2 Å². The molecule has 0 heterocycles. The first-order valence-corrected chi connectivity index (χ1v) is 6.60. The molecule has 0 fully saturated rings. The van der Waals surface area contributed by atoms with E-state index >= 15 is 0 Å². The summed E-state index contributed by atoms with van der Waals surface area (Å²) in [6.45, 7) is 3.84. The molecule has 84 valence electrons. The van der Waals surface area contributed by atoms with E-state index in [0.717, 1.165) is 12.0 Å². The normalized spacial score (nSPS) is 11.3. The molecule has 0 saturated carbocycles. The average molecular weight is 228 g/mol. The number of unbranched alkanes of at least 4 members (excludes halogenated alkanes) is 1. The Hall–Kier alpha value is -1.03. The summed E-state index contributed by atoms with van der Waals surface area (Å²) in [6.07, 6.45) is 1.48. The van der Waals surface area contributed by atoms with E-state index in [1.54, 1.807) is 18.2 Å². The highest BCUT2D eigenvalue weighted by Gasteiger charge is 2.11. The Morgan fingerprint density at radius 3 is 2.67 bits per heavy atom. The maximum absolute atomic E-state index is 11.4. The molecule has 1 aromatic rings. The zero-order valence-corrected chi connectivity index (χ0v) is 9.88. The van der Waals surface area contributed by atoms with Crippen molar-refractivity contribution in [1.29, 1.82) is 0 Å². The van der Waals surface area contributed by atoms with Crippen LogP contribution >= 0.6 is 0 Å². The third-order valence-corrected chi connectivity index (χ3v) is 3.20. The topological polar surface area (TPSA) is 43.4 Å². The van der Waals surface area contributed by atoms with Crippen molar-refractivity contribution >= 4 is 10.1 Å². The lowest BCUT2D eigenvalue weighted by molar-refractivity contribution is 0.483. The van der Waals surface area contributed by atoms with Crippen LogP contribution in [-0.4, -0.2) is 14.2 Å². The molecule has 0 aliphatic heterocycles. The molecule has 0 amide bonds. The Bertz CT molecular complexity index is 410. The Balaban J connectivity index is 2.69. The van der Waals surface area contributed by atoms with Gasteiger partial charge in [-0.05, 0) is 31.0 Å². The highest BCUT2D eigenvalue weighted by molar-refractivity contribution is 7.87. The standard InChI is InChI=1S/C11H16O3S/c1-3-4-8-15(12,13)14-11-7-5-6-10(2)9-11/h5-7,9H,3-4,8H2,1-2H3. The fraction of sp³-hybridized carbons (Fsp3) is 0.455. The first-order chi connectivity index (χ1) is 7.03. The summed E-state index contributed by atoms with van der Waals surface area (Å²) in [5, 5.41) is 0. The Kier molecular flexibility index (Phi) is 4.15. The maximum atomic E-state index is 11.4. The molecule has 4 heteroatoms. The lowest BCUT2D eigenvalue weighted by Crippen LogP contribution is -2.13. The van der Waals surface area contributed by atoms with E-state index in [2.05, 4.69) is 0 Å². The second kappa shape index (κ2) is 5.16. The molecule has 1 rings (SSSR count). The van der Waals surface area contributed by atoms with Crippen molar-refractivity contribution in [3.8, 4) is 5.75 Å². The van der Waals surface area contributed by atoms with E-state index in [1.165, 1.54) is 0 Å². The monoisotopic (exact) mass is 228 g/mol. The van der Waals surface area contributed by atoms with Gasteiger partial charge in [0.15, 0.2) is 0 Å². The molecular weight excluding hydrogens is 212 g/mol. The fourth-order valence-corrected chi connectivity index (χ4v) is 2.30. The summed E-state index contributed by atoms with van der Waals surface area (Å²) in [7, 11) is -3.41. The lowest BCUT2D eigenvalue weighted by Gasteiger charge is -2.06. The first-order valence-electron chi connectivity index (χ1n) is 5.02. The summed E-state index contributed by atoms with van der Waals surface area (Å²) in [6, 6.07) is 7.03. The predicted octanol–water partition coefficient (Wildman–Crippen LogP) is 2.50. The number of hydrogen-bond acceptors (Lipinski definition) is 3. The van der Waals surface area contributed by atoms with Crippen LogP contribution in [0.5, 0.6) is 5.75 Å². The van der Waals surface area contributed by atoms with Crippen LogP contribution in [0.3, 0.4) is 0 Å². The smallest absolute Gasteiger partial charge is 0.309 e. The highest BCUT2D eigenvalue weighted by Crippen LogP contribution is 2.15. The zero-order valence-electron chi connectivity index (χ0n) is 9.06. The van der Waals surface area contributed by atoms with Gasteiger partial charge < -0.3 is 4.18 Å². The van der Waals surface area contributed by atoms with Crippen LogP contribution in [0.15, 0.2) is 24.3 Å². The summed E-state index contributed by atoms with van der Waals surface area (Å²) >= 11 is 0. The van der Waals surface area contributed by atoms with Gasteiger partial charge in [0, 0.05) is 0 Å². The minimum atomic E-state index is -3.41. The molecular formula is C11H16O3S. The van der Waals surface area contributed by atoms with Crippen LogP contribution in [-0.2, 0) is 10.1 Å². The molecule has 0 aliphatic carbocycles. The number of hydrogen-bond donors (Lipinski definition) is 0. The molecule has 0 aliphatic rings. The van der Waals surface area contributed by atoms with Crippen molar-refractivity contribution in [2.45, 2.75) is 26.7 Å². The molecule has 0 spiro atoms. The van der Waals surface area contributed by atoms with Crippen LogP contribution in [0, 0.1) is 6.92 Å². The van der Waals surface area contributed by atoms with Gasteiger partial charge in [0.2, 0.25) is 0 Å². The molecule has 0 bridgehead atoms. The van der Waals surface area contributed by atoms with E-state index in [-0.39, 0.29) is 5.75 Å². The van der Waals surface area contributed by atoms with Crippen molar-refractivity contribution in [2.75, 3.05) is 5.75 Å². The van der Waals surface area contributed by atoms with E-state index in [1.807, 2.05) is 19.9 Å². The largest absolute Gasteiger partial charge is 0.382 e. The fourth-order valence-electron chi connectivity index (χ4n) is 1.18. The van der Waals surface area contributed by atoms with E-state index in [9.17, 15) is 8.42 Å². The van der Waals surface area contributed by atoms with Gasteiger partial charge in [-0.25, -0.2) is 0 Å². The van der Waals surface area contributed by atoms with Crippen molar-refractivity contribution in [3.05, 3.63) is 29.8 Å². The molecule has 15 heavy (non-hydrogen) atoms. The highest BCUT2D eigenvalue weighted by atomic mass is 32.2. The van der Waals surface area contributed by atoms with Gasteiger partial charge in [-0.15, -0.1) is 0 Å². The minimum Gasteiger partial charge on any atom is -0.382 e. The van der Waals surface area contributed by atoms with Crippen molar-refractivity contribution in [3.63, 3.8) is 0 Å². The Morgan fingerprint density at radius 1 is 1.33 bits per heavy atom. The van der Waals surface area contributed by atoms with Crippen LogP contribution in [0.4, 0.5) is 0 Å². The minimum absolute atomic E-state index is 0.0808.